The van der Waals surface area contributed by atoms with Crippen molar-refractivity contribution < 1.29 is 24.2 Å². The normalized spacial score (nSPS) is 25.3. The number of aliphatic carboxylic acids is 1. The van der Waals surface area contributed by atoms with E-state index in [9.17, 15) is 14.7 Å². The largest absolute Gasteiger partial charge is 0.481 e. The van der Waals surface area contributed by atoms with E-state index in [-0.39, 0.29) is 31.6 Å². The molecule has 2 aromatic rings. The summed E-state index contributed by atoms with van der Waals surface area (Å²) >= 11 is 0. The minimum atomic E-state index is -0.994. The average molecular weight is 379 g/mol. The van der Waals surface area contributed by atoms with Crippen LogP contribution in [0.1, 0.15) is 17.0 Å². The van der Waals surface area contributed by atoms with Gasteiger partial charge in [-0.1, -0.05) is 48.5 Å². The van der Waals surface area contributed by atoms with Crippen molar-refractivity contribution in [3.05, 3.63) is 59.7 Å². The third kappa shape index (κ3) is 2.44. The van der Waals surface area contributed by atoms with Gasteiger partial charge in [-0.3, -0.25) is 4.79 Å². The number of hydrogen-bond donors (Lipinski definition) is 1. The second-order valence-electron chi connectivity index (χ2n) is 7.86. The van der Waals surface area contributed by atoms with Gasteiger partial charge in [0.2, 0.25) is 0 Å². The Balaban J connectivity index is 1.32. The van der Waals surface area contributed by atoms with Crippen LogP contribution < -0.4 is 0 Å². The number of carbonyl (C=O) groups is 2. The number of fused-ring (bicyclic) bond motifs is 4. The van der Waals surface area contributed by atoms with E-state index < -0.39 is 17.5 Å². The number of ether oxygens (including phenoxy) is 2. The number of benzene rings is 2. The molecule has 6 heteroatoms. The van der Waals surface area contributed by atoms with Crippen molar-refractivity contribution in [2.75, 3.05) is 32.9 Å². The van der Waals surface area contributed by atoms with Gasteiger partial charge in [-0.2, -0.15) is 0 Å². The minimum absolute atomic E-state index is 0.00443. The fraction of sp³-hybridized carbons (Fsp3) is 0.364. The summed E-state index contributed by atoms with van der Waals surface area (Å²) in [5.74, 6) is -1.08. The Morgan fingerprint density at radius 2 is 1.75 bits per heavy atom. The molecule has 0 aromatic heterocycles. The monoisotopic (exact) mass is 379 g/mol. The Morgan fingerprint density at radius 1 is 1.11 bits per heavy atom. The van der Waals surface area contributed by atoms with E-state index in [1.807, 2.05) is 24.3 Å². The molecule has 0 saturated carbocycles. The molecule has 1 N–H and O–H groups in total. The van der Waals surface area contributed by atoms with Crippen LogP contribution >= 0.6 is 0 Å². The number of amides is 1. The molecule has 1 amide bonds. The van der Waals surface area contributed by atoms with Crippen LogP contribution in [0.5, 0.6) is 0 Å². The third-order valence-corrected chi connectivity index (χ3v) is 6.39. The summed E-state index contributed by atoms with van der Waals surface area (Å²) in [4.78, 5) is 26.0. The maximum absolute atomic E-state index is 12.7. The Labute approximate surface area is 162 Å². The van der Waals surface area contributed by atoms with Crippen LogP contribution in [0.15, 0.2) is 48.5 Å². The van der Waals surface area contributed by atoms with Gasteiger partial charge in [-0.15, -0.1) is 0 Å². The van der Waals surface area contributed by atoms with Crippen molar-refractivity contribution in [2.24, 2.45) is 11.3 Å². The molecular weight excluding hydrogens is 358 g/mol. The maximum atomic E-state index is 12.7. The summed E-state index contributed by atoms with van der Waals surface area (Å²) in [6.07, 6.45) is -0.447. The highest BCUT2D eigenvalue weighted by Crippen LogP contribution is 2.45. The van der Waals surface area contributed by atoms with Crippen LogP contribution in [0.2, 0.25) is 0 Å². The van der Waals surface area contributed by atoms with Crippen LogP contribution in [-0.2, 0) is 14.3 Å². The third-order valence-electron chi connectivity index (χ3n) is 6.39. The zero-order chi connectivity index (χ0) is 19.3. The standard InChI is InChI=1S/C22H21NO5/c24-20(25)22-12-23(9-14(22)10-27-13-22)21(26)28-11-19-17-7-3-1-5-15(17)16-6-2-4-8-18(16)19/h1-8,14,19H,9-13H2,(H,24,25). The topological polar surface area (TPSA) is 76.1 Å². The first-order chi connectivity index (χ1) is 13.6. The van der Waals surface area contributed by atoms with Gasteiger partial charge in [-0.25, -0.2) is 4.79 Å². The predicted molar refractivity (Wildman–Crippen MR) is 101 cm³/mol. The number of rotatable bonds is 3. The van der Waals surface area contributed by atoms with Crippen LogP contribution in [0.25, 0.3) is 11.1 Å². The van der Waals surface area contributed by atoms with Gasteiger partial charge in [0.25, 0.3) is 0 Å². The molecule has 2 atom stereocenters. The van der Waals surface area contributed by atoms with Gasteiger partial charge in [0.1, 0.15) is 12.0 Å². The zero-order valence-electron chi connectivity index (χ0n) is 15.3. The van der Waals surface area contributed by atoms with Crippen molar-refractivity contribution in [3.63, 3.8) is 0 Å². The Bertz CT molecular complexity index is 912. The Kier molecular flexibility index (Phi) is 3.91. The summed E-state index contributed by atoms with van der Waals surface area (Å²) in [6, 6.07) is 16.4. The second kappa shape index (κ2) is 6.34. The van der Waals surface area contributed by atoms with Crippen molar-refractivity contribution in [1.29, 1.82) is 0 Å². The fourth-order valence-corrected chi connectivity index (χ4v) is 4.86. The van der Waals surface area contributed by atoms with Gasteiger partial charge < -0.3 is 19.5 Å². The molecule has 3 aliphatic rings. The molecule has 0 radical (unpaired) electrons. The molecule has 28 heavy (non-hydrogen) atoms. The van der Waals surface area contributed by atoms with E-state index in [4.69, 9.17) is 9.47 Å². The smallest absolute Gasteiger partial charge is 0.409 e. The lowest BCUT2D eigenvalue weighted by atomic mass is 9.81. The van der Waals surface area contributed by atoms with Crippen LogP contribution in [0.3, 0.4) is 0 Å². The number of nitrogens with zero attached hydrogens (tertiary/aromatic N) is 1. The molecule has 2 aromatic carbocycles. The molecule has 1 aliphatic carbocycles. The van der Waals surface area contributed by atoms with Gasteiger partial charge in [0, 0.05) is 24.9 Å². The van der Waals surface area contributed by atoms with E-state index in [1.54, 1.807) is 0 Å². The molecule has 2 fully saturated rings. The first kappa shape index (κ1) is 17.3. The van der Waals surface area contributed by atoms with Gasteiger partial charge in [-0.05, 0) is 22.3 Å². The Morgan fingerprint density at radius 3 is 2.36 bits per heavy atom. The predicted octanol–water partition coefficient (Wildman–Crippen LogP) is 2.97. The van der Waals surface area contributed by atoms with E-state index in [0.29, 0.717) is 13.2 Å². The average Bonchev–Trinajstić information content (AvgIpc) is 3.36. The van der Waals surface area contributed by atoms with Gasteiger partial charge in [0.05, 0.1) is 13.2 Å². The molecule has 2 unspecified atom stereocenters. The molecule has 144 valence electrons. The van der Waals surface area contributed by atoms with Crippen LogP contribution in [-0.4, -0.2) is 55.0 Å². The van der Waals surface area contributed by atoms with Crippen molar-refractivity contribution in [1.82, 2.24) is 4.90 Å². The fourth-order valence-electron chi connectivity index (χ4n) is 4.86. The Hall–Kier alpha value is -2.86. The molecular formula is C22H21NO5. The number of likely N-dealkylation sites (tertiary alicyclic amines) is 1. The molecule has 6 nitrogen and oxygen atoms in total. The highest BCUT2D eigenvalue weighted by atomic mass is 16.6. The number of carbonyl (C=O) groups excluding carboxylic acids is 1. The number of carboxylic acid groups (broad SMARTS) is 1. The van der Waals surface area contributed by atoms with Gasteiger partial charge >= 0.3 is 12.1 Å². The van der Waals surface area contributed by atoms with Crippen molar-refractivity contribution in [3.8, 4) is 11.1 Å². The van der Waals surface area contributed by atoms with Crippen LogP contribution in [0.4, 0.5) is 4.79 Å². The summed E-state index contributed by atoms with van der Waals surface area (Å²) < 4.78 is 11.0. The molecule has 0 spiro atoms. The lowest BCUT2D eigenvalue weighted by Gasteiger charge is -2.22. The van der Waals surface area contributed by atoms with E-state index in [1.165, 1.54) is 16.0 Å². The molecule has 2 aliphatic heterocycles. The van der Waals surface area contributed by atoms with E-state index >= 15 is 0 Å². The molecule has 2 heterocycles. The lowest BCUT2D eigenvalue weighted by Crippen LogP contribution is -2.40. The molecule has 0 bridgehead atoms. The first-order valence-electron chi connectivity index (χ1n) is 9.51. The zero-order valence-corrected chi connectivity index (χ0v) is 15.3. The van der Waals surface area contributed by atoms with E-state index in [0.717, 1.165) is 11.1 Å². The highest BCUT2D eigenvalue weighted by molar-refractivity contribution is 5.80. The lowest BCUT2D eigenvalue weighted by molar-refractivity contribution is -0.149. The summed E-state index contributed by atoms with van der Waals surface area (Å²) in [7, 11) is 0. The highest BCUT2D eigenvalue weighted by Gasteiger charge is 2.57. The SMILES string of the molecule is O=C(OCC1c2ccccc2-c2ccccc21)N1CC2COCC2(C(=O)O)C1. The quantitative estimate of drug-likeness (QED) is 0.887. The van der Waals surface area contributed by atoms with Gasteiger partial charge in [0.15, 0.2) is 0 Å². The first-order valence-corrected chi connectivity index (χ1v) is 9.51. The van der Waals surface area contributed by atoms with Crippen LogP contribution in [0, 0.1) is 11.3 Å². The minimum Gasteiger partial charge on any atom is -0.481 e. The summed E-state index contributed by atoms with van der Waals surface area (Å²) in [5, 5.41) is 9.64. The number of carboxylic acids is 1. The van der Waals surface area contributed by atoms with E-state index in [2.05, 4.69) is 24.3 Å². The summed E-state index contributed by atoms with van der Waals surface area (Å²) in [5.41, 5.74) is 3.68. The maximum Gasteiger partial charge on any atom is 0.409 e. The summed E-state index contributed by atoms with van der Waals surface area (Å²) in [6.45, 7) is 1.27. The molecule has 5 rings (SSSR count). The van der Waals surface area contributed by atoms with Crippen molar-refractivity contribution >= 4 is 12.1 Å². The number of hydrogen-bond acceptors (Lipinski definition) is 4. The molecule has 2 saturated heterocycles. The van der Waals surface area contributed by atoms with Crippen molar-refractivity contribution in [2.45, 2.75) is 5.92 Å². The second-order valence-corrected chi connectivity index (χ2v) is 7.86.